The molecule has 154 valence electrons. The van der Waals surface area contributed by atoms with E-state index in [0.717, 1.165) is 56.4 Å². The number of nitrogens with zero attached hydrogens (tertiary/aromatic N) is 4. The van der Waals surface area contributed by atoms with E-state index in [1.54, 1.807) is 6.26 Å². The minimum absolute atomic E-state index is 0.229. The zero-order chi connectivity index (χ0) is 19.9. The van der Waals surface area contributed by atoms with Crippen molar-refractivity contribution in [2.45, 2.75) is 52.1 Å². The maximum absolute atomic E-state index is 5.71. The number of aliphatic imine (C=N–C) groups is 1. The van der Waals surface area contributed by atoms with E-state index in [-0.39, 0.29) is 6.04 Å². The van der Waals surface area contributed by atoms with E-state index >= 15 is 0 Å². The second kappa shape index (κ2) is 9.78. The lowest BCUT2D eigenvalue weighted by molar-refractivity contribution is 0.215. The van der Waals surface area contributed by atoms with Gasteiger partial charge in [-0.3, -0.25) is 14.6 Å². The van der Waals surface area contributed by atoms with Gasteiger partial charge in [0.25, 0.3) is 0 Å². The summed E-state index contributed by atoms with van der Waals surface area (Å²) in [5.74, 6) is 1.82. The van der Waals surface area contributed by atoms with Crippen molar-refractivity contribution in [1.29, 1.82) is 0 Å². The van der Waals surface area contributed by atoms with Gasteiger partial charge in [0.2, 0.25) is 0 Å². The number of rotatable bonds is 8. The molecule has 0 amide bonds. The Morgan fingerprint density at radius 1 is 1.25 bits per heavy atom. The van der Waals surface area contributed by atoms with Gasteiger partial charge in [0.15, 0.2) is 5.96 Å². The summed E-state index contributed by atoms with van der Waals surface area (Å²) in [6.45, 7) is 8.07. The van der Waals surface area contributed by atoms with Crippen molar-refractivity contribution in [3.8, 4) is 0 Å². The SMILES string of the molecule is CCc1nn(C)c(CC)c1CNC(=NC)NCC(c1ccco1)N1CCCC1. The van der Waals surface area contributed by atoms with E-state index in [0.29, 0.717) is 0 Å². The monoisotopic (exact) mass is 386 g/mol. The molecule has 0 bridgehead atoms. The first kappa shape index (κ1) is 20.5. The number of guanidine groups is 1. The second-order valence-corrected chi connectivity index (χ2v) is 7.28. The number of hydrogen-bond acceptors (Lipinski definition) is 4. The fourth-order valence-electron chi connectivity index (χ4n) is 4.12. The predicted molar refractivity (Wildman–Crippen MR) is 112 cm³/mol. The molecule has 2 N–H and O–H groups in total. The number of aryl methyl sites for hydroxylation is 2. The summed E-state index contributed by atoms with van der Waals surface area (Å²) in [6, 6.07) is 4.26. The van der Waals surface area contributed by atoms with Crippen molar-refractivity contribution in [3.63, 3.8) is 0 Å². The first-order valence-electron chi connectivity index (χ1n) is 10.4. The lowest BCUT2D eigenvalue weighted by Gasteiger charge is -2.26. The van der Waals surface area contributed by atoms with Gasteiger partial charge in [-0.1, -0.05) is 13.8 Å². The predicted octanol–water partition coefficient (Wildman–Crippen LogP) is 2.64. The summed E-state index contributed by atoms with van der Waals surface area (Å²) in [7, 11) is 3.84. The van der Waals surface area contributed by atoms with Crippen LogP contribution in [0.25, 0.3) is 0 Å². The molecule has 3 heterocycles. The molecule has 1 aliphatic heterocycles. The molecule has 0 saturated carbocycles. The number of aromatic nitrogens is 2. The maximum Gasteiger partial charge on any atom is 0.191 e. The molecule has 1 fully saturated rings. The van der Waals surface area contributed by atoms with Crippen LogP contribution in [0.4, 0.5) is 0 Å². The van der Waals surface area contributed by atoms with Gasteiger partial charge in [0, 0.05) is 38.4 Å². The normalized spacial score (nSPS) is 16.5. The van der Waals surface area contributed by atoms with Gasteiger partial charge in [-0.15, -0.1) is 0 Å². The van der Waals surface area contributed by atoms with Crippen molar-refractivity contribution >= 4 is 5.96 Å². The number of furan rings is 1. The third-order valence-electron chi connectivity index (χ3n) is 5.60. The topological polar surface area (TPSA) is 70.6 Å². The van der Waals surface area contributed by atoms with Crippen LogP contribution < -0.4 is 10.6 Å². The van der Waals surface area contributed by atoms with E-state index in [1.165, 1.54) is 24.1 Å². The van der Waals surface area contributed by atoms with Crippen LogP contribution in [0, 0.1) is 0 Å². The van der Waals surface area contributed by atoms with Crippen molar-refractivity contribution in [3.05, 3.63) is 41.1 Å². The van der Waals surface area contributed by atoms with Gasteiger partial charge in [0.1, 0.15) is 5.76 Å². The Labute approximate surface area is 168 Å². The number of hydrogen-bond donors (Lipinski definition) is 2. The van der Waals surface area contributed by atoms with Crippen LogP contribution in [0.15, 0.2) is 27.8 Å². The first-order chi connectivity index (χ1) is 13.7. The second-order valence-electron chi connectivity index (χ2n) is 7.28. The molecule has 2 aromatic rings. The molecule has 7 nitrogen and oxygen atoms in total. The molecule has 0 radical (unpaired) electrons. The summed E-state index contributed by atoms with van der Waals surface area (Å²) < 4.78 is 7.72. The van der Waals surface area contributed by atoms with Gasteiger partial charge in [-0.2, -0.15) is 5.10 Å². The summed E-state index contributed by atoms with van der Waals surface area (Å²) in [4.78, 5) is 6.91. The highest BCUT2D eigenvalue weighted by Gasteiger charge is 2.25. The molecule has 28 heavy (non-hydrogen) atoms. The third-order valence-corrected chi connectivity index (χ3v) is 5.60. The van der Waals surface area contributed by atoms with Crippen molar-refractivity contribution in [2.75, 3.05) is 26.7 Å². The van der Waals surface area contributed by atoms with Crippen LogP contribution in [0.2, 0.25) is 0 Å². The highest BCUT2D eigenvalue weighted by Crippen LogP contribution is 2.24. The molecule has 3 rings (SSSR count). The molecule has 0 aliphatic carbocycles. The van der Waals surface area contributed by atoms with E-state index in [1.807, 2.05) is 24.8 Å². The van der Waals surface area contributed by atoms with E-state index in [9.17, 15) is 0 Å². The number of nitrogens with one attached hydrogen (secondary N) is 2. The standard InChI is InChI=1S/C21H34N6O/c1-5-17-16(18(6-2)26(4)25-17)14-23-21(22-3)24-15-19(20-10-9-13-28-20)27-11-7-8-12-27/h9-10,13,19H,5-8,11-12,14-15H2,1-4H3,(H2,22,23,24). The zero-order valence-corrected chi connectivity index (χ0v) is 17.7. The van der Waals surface area contributed by atoms with Gasteiger partial charge in [-0.05, 0) is 50.9 Å². The Hall–Kier alpha value is -2.28. The fraction of sp³-hybridized carbons (Fsp3) is 0.619. The molecular formula is C21H34N6O. The Balaban J connectivity index is 1.63. The summed E-state index contributed by atoms with van der Waals surface area (Å²) in [5, 5.41) is 11.6. The molecule has 0 aromatic carbocycles. The van der Waals surface area contributed by atoms with Crippen molar-refractivity contribution in [1.82, 2.24) is 25.3 Å². The lowest BCUT2D eigenvalue weighted by Crippen LogP contribution is -2.42. The molecule has 1 atom stereocenters. The highest BCUT2D eigenvalue weighted by atomic mass is 16.3. The summed E-state index contributed by atoms with van der Waals surface area (Å²) >= 11 is 0. The average molecular weight is 387 g/mol. The van der Waals surface area contributed by atoms with Crippen molar-refractivity contribution < 1.29 is 4.42 Å². The highest BCUT2D eigenvalue weighted by molar-refractivity contribution is 5.79. The Bertz CT molecular complexity index is 758. The minimum atomic E-state index is 0.229. The fourth-order valence-corrected chi connectivity index (χ4v) is 4.12. The van der Waals surface area contributed by atoms with Crippen LogP contribution in [0.1, 0.15) is 55.4 Å². The van der Waals surface area contributed by atoms with Crippen molar-refractivity contribution in [2.24, 2.45) is 12.0 Å². The first-order valence-corrected chi connectivity index (χ1v) is 10.4. The van der Waals surface area contributed by atoms with Crippen LogP contribution in [0.3, 0.4) is 0 Å². The van der Waals surface area contributed by atoms with Crippen LogP contribution in [-0.2, 0) is 26.4 Å². The molecule has 1 aliphatic rings. The van der Waals surface area contributed by atoms with E-state index in [4.69, 9.17) is 4.42 Å². The summed E-state index contributed by atoms with van der Waals surface area (Å²) in [5.41, 5.74) is 3.73. The van der Waals surface area contributed by atoms with E-state index < -0.39 is 0 Å². The third kappa shape index (κ3) is 4.58. The minimum Gasteiger partial charge on any atom is -0.468 e. The van der Waals surface area contributed by atoms with Crippen LogP contribution >= 0.6 is 0 Å². The number of likely N-dealkylation sites (tertiary alicyclic amines) is 1. The summed E-state index contributed by atoms with van der Waals surface area (Å²) in [6.07, 6.45) is 6.18. The van der Waals surface area contributed by atoms with Crippen LogP contribution in [-0.4, -0.2) is 47.3 Å². The van der Waals surface area contributed by atoms with Gasteiger partial charge in [-0.25, -0.2) is 0 Å². The molecular weight excluding hydrogens is 352 g/mol. The lowest BCUT2D eigenvalue weighted by atomic mass is 10.1. The average Bonchev–Trinajstić information content (AvgIpc) is 3.46. The molecule has 1 unspecified atom stereocenters. The maximum atomic E-state index is 5.71. The molecule has 0 spiro atoms. The Morgan fingerprint density at radius 2 is 2.04 bits per heavy atom. The molecule has 7 heteroatoms. The van der Waals surface area contributed by atoms with Gasteiger partial charge >= 0.3 is 0 Å². The zero-order valence-electron chi connectivity index (χ0n) is 17.7. The molecule has 1 saturated heterocycles. The smallest absolute Gasteiger partial charge is 0.191 e. The Morgan fingerprint density at radius 3 is 2.64 bits per heavy atom. The van der Waals surface area contributed by atoms with E-state index in [2.05, 4.69) is 45.5 Å². The Kier molecular flexibility index (Phi) is 7.14. The quantitative estimate of drug-likeness (QED) is 0.539. The van der Waals surface area contributed by atoms with Crippen LogP contribution in [0.5, 0.6) is 0 Å². The largest absolute Gasteiger partial charge is 0.468 e. The van der Waals surface area contributed by atoms with Gasteiger partial charge < -0.3 is 15.1 Å². The van der Waals surface area contributed by atoms with Gasteiger partial charge in [0.05, 0.1) is 18.0 Å². The molecule has 2 aromatic heterocycles.